The zero-order chi connectivity index (χ0) is 11.4. The van der Waals surface area contributed by atoms with E-state index in [0.29, 0.717) is 0 Å². The molecule has 1 N–H and O–H groups in total. The summed E-state index contributed by atoms with van der Waals surface area (Å²) in [7, 11) is 0. The van der Waals surface area contributed by atoms with Gasteiger partial charge >= 0.3 is 5.97 Å². The van der Waals surface area contributed by atoms with Crippen LogP contribution in [0.1, 0.15) is 5.56 Å². The number of hydrogen-bond acceptors (Lipinski definition) is 2. The number of carbonyl (C=O) groups excluding carboxylic acids is 1. The highest BCUT2D eigenvalue weighted by atomic mass is 79.9. The van der Waals surface area contributed by atoms with E-state index in [2.05, 4.69) is 31.9 Å². The first-order valence-corrected chi connectivity index (χ1v) is 5.49. The molecule has 0 spiro atoms. The summed E-state index contributed by atoms with van der Waals surface area (Å²) in [6, 6.07) is 5.34. The van der Waals surface area contributed by atoms with Gasteiger partial charge in [0.15, 0.2) is 0 Å². The van der Waals surface area contributed by atoms with E-state index in [1.165, 1.54) is 6.08 Å². The lowest BCUT2D eigenvalue weighted by Gasteiger charge is -1.97. The summed E-state index contributed by atoms with van der Waals surface area (Å²) in [5.74, 6) is -2.39. The van der Waals surface area contributed by atoms with E-state index in [4.69, 9.17) is 5.11 Å². The van der Waals surface area contributed by atoms with Crippen LogP contribution in [0, 0.1) is 0 Å². The zero-order valence-electron chi connectivity index (χ0n) is 7.41. The Morgan fingerprint density at radius 3 is 2.40 bits per heavy atom. The Morgan fingerprint density at radius 1 is 1.20 bits per heavy atom. The molecule has 1 rings (SSSR count). The summed E-state index contributed by atoms with van der Waals surface area (Å²) in [6.45, 7) is 0. The predicted octanol–water partition coefficient (Wildman–Crippen LogP) is 2.88. The molecule has 0 unspecified atom stereocenters. The van der Waals surface area contributed by atoms with Crippen LogP contribution in [0.3, 0.4) is 0 Å². The standard InChI is InChI=1S/C10H6Br2O3/c11-7-3-1-6(5-8(7)12)2-4-9(13)10(14)15/h1-5H,(H,14,15)/b4-2+. The fourth-order valence-corrected chi connectivity index (χ4v) is 1.50. The van der Waals surface area contributed by atoms with E-state index in [1.807, 2.05) is 0 Å². The Morgan fingerprint density at radius 2 is 1.87 bits per heavy atom. The van der Waals surface area contributed by atoms with Crippen LogP contribution in [0.4, 0.5) is 0 Å². The topological polar surface area (TPSA) is 54.4 Å². The summed E-state index contributed by atoms with van der Waals surface area (Å²) < 4.78 is 1.73. The van der Waals surface area contributed by atoms with Gasteiger partial charge in [-0.3, -0.25) is 4.79 Å². The number of carbonyl (C=O) groups is 2. The van der Waals surface area contributed by atoms with Crippen molar-refractivity contribution in [3.8, 4) is 0 Å². The Labute approximate surface area is 103 Å². The first-order valence-electron chi connectivity index (χ1n) is 3.91. The van der Waals surface area contributed by atoms with Crippen LogP contribution in [0.5, 0.6) is 0 Å². The van der Waals surface area contributed by atoms with Crippen LogP contribution in [0.15, 0.2) is 33.2 Å². The van der Waals surface area contributed by atoms with Gasteiger partial charge in [-0.1, -0.05) is 12.1 Å². The molecule has 0 atom stereocenters. The van der Waals surface area contributed by atoms with Crippen LogP contribution in [-0.2, 0) is 9.59 Å². The van der Waals surface area contributed by atoms with Gasteiger partial charge in [-0.25, -0.2) is 4.79 Å². The SMILES string of the molecule is O=C(O)C(=O)/C=C/c1ccc(Br)c(Br)c1. The highest BCUT2D eigenvalue weighted by molar-refractivity contribution is 9.13. The first kappa shape index (κ1) is 12.1. The Kier molecular flexibility index (Phi) is 4.23. The second-order valence-corrected chi connectivity index (χ2v) is 4.38. The van der Waals surface area contributed by atoms with Crippen molar-refractivity contribution in [1.29, 1.82) is 0 Å². The lowest BCUT2D eigenvalue weighted by molar-refractivity contribution is -0.146. The maximum atomic E-state index is 10.8. The van der Waals surface area contributed by atoms with Gasteiger partial charge in [0.2, 0.25) is 0 Å². The van der Waals surface area contributed by atoms with Crippen molar-refractivity contribution in [2.75, 3.05) is 0 Å². The third kappa shape index (κ3) is 3.60. The molecule has 1 aromatic carbocycles. The second kappa shape index (κ2) is 5.23. The molecular formula is C10H6Br2O3. The molecule has 0 aliphatic heterocycles. The molecule has 15 heavy (non-hydrogen) atoms. The smallest absolute Gasteiger partial charge is 0.376 e. The average Bonchev–Trinajstić information content (AvgIpc) is 2.19. The van der Waals surface area contributed by atoms with Crippen molar-refractivity contribution in [3.05, 3.63) is 38.8 Å². The summed E-state index contributed by atoms with van der Waals surface area (Å²) >= 11 is 6.60. The van der Waals surface area contributed by atoms with Crippen molar-refractivity contribution in [1.82, 2.24) is 0 Å². The van der Waals surface area contributed by atoms with E-state index < -0.39 is 11.8 Å². The fourth-order valence-electron chi connectivity index (χ4n) is 0.859. The molecule has 0 saturated heterocycles. The van der Waals surface area contributed by atoms with Gasteiger partial charge in [0, 0.05) is 8.95 Å². The molecule has 1 aromatic rings. The van der Waals surface area contributed by atoms with Gasteiger partial charge in [0.1, 0.15) is 0 Å². The number of ketones is 1. The first-order chi connectivity index (χ1) is 7.00. The van der Waals surface area contributed by atoms with Crippen molar-refractivity contribution in [2.45, 2.75) is 0 Å². The second-order valence-electron chi connectivity index (χ2n) is 2.68. The lowest BCUT2D eigenvalue weighted by atomic mass is 10.2. The van der Waals surface area contributed by atoms with Gasteiger partial charge in [-0.05, 0) is 55.6 Å². The molecule has 0 aliphatic rings. The van der Waals surface area contributed by atoms with Gasteiger partial charge in [0.25, 0.3) is 5.78 Å². The van der Waals surface area contributed by atoms with Gasteiger partial charge in [-0.15, -0.1) is 0 Å². The normalized spacial score (nSPS) is 10.5. The van der Waals surface area contributed by atoms with Crippen LogP contribution in [0.2, 0.25) is 0 Å². The minimum Gasteiger partial charge on any atom is -0.475 e. The van der Waals surface area contributed by atoms with Crippen LogP contribution < -0.4 is 0 Å². The molecule has 5 heteroatoms. The third-order valence-corrected chi connectivity index (χ3v) is 3.46. The van der Waals surface area contributed by atoms with Gasteiger partial charge in [0.05, 0.1) is 0 Å². The summed E-state index contributed by atoms with van der Waals surface area (Å²) in [4.78, 5) is 21.0. The number of aliphatic carboxylic acids is 1. The van der Waals surface area contributed by atoms with Gasteiger partial charge in [-0.2, -0.15) is 0 Å². The van der Waals surface area contributed by atoms with Crippen molar-refractivity contribution < 1.29 is 14.7 Å². The quantitative estimate of drug-likeness (QED) is 0.683. The zero-order valence-corrected chi connectivity index (χ0v) is 10.6. The number of rotatable bonds is 3. The van der Waals surface area contributed by atoms with Crippen LogP contribution in [-0.4, -0.2) is 16.9 Å². The Balaban J connectivity index is 2.86. The molecule has 0 aliphatic carbocycles. The minimum absolute atomic E-state index is 0.750. The Bertz CT molecular complexity index is 438. The fraction of sp³-hybridized carbons (Fsp3) is 0. The number of benzene rings is 1. The van der Waals surface area contributed by atoms with E-state index in [-0.39, 0.29) is 0 Å². The van der Waals surface area contributed by atoms with E-state index >= 15 is 0 Å². The summed E-state index contributed by atoms with van der Waals surface area (Å²) in [6.07, 6.45) is 2.48. The molecule has 0 saturated carbocycles. The molecule has 0 fully saturated rings. The number of hydrogen-bond donors (Lipinski definition) is 1. The number of carboxylic acid groups (broad SMARTS) is 1. The van der Waals surface area contributed by atoms with Gasteiger partial charge < -0.3 is 5.11 Å². The minimum atomic E-state index is -1.46. The van der Waals surface area contributed by atoms with Crippen molar-refractivity contribution in [2.24, 2.45) is 0 Å². The highest BCUT2D eigenvalue weighted by Gasteiger charge is 2.05. The molecule has 0 bridgehead atoms. The largest absolute Gasteiger partial charge is 0.475 e. The maximum Gasteiger partial charge on any atom is 0.376 e. The van der Waals surface area contributed by atoms with Crippen LogP contribution >= 0.6 is 31.9 Å². The summed E-state index contributed by atoms with van der Waals surface area (Å²) in [5.41, 5.74) is 0.750. The highest BCUT2D eigenvalue weighted by Crippen LogP contribution is 2.24. The van der Waals surface area contributed by atoms with Crippen molar-refractivity contribution in [3.63, 3.8) is 0 Å². The molecule has 0 heterocycles. The lowest BCUT2D eigenvalue weighted by Crippen LogP contribution is -2.08. The monoisotopic (exact) mass is 332 g/mol. The van der Waals surface area contributed by atoms with E-state index in [1.54, 1.807) is 18.2 Å². The molecule has 78 valence electrons. The van der Waals surface area contributed by atoms with Crippen molar-refractivity contribution >= 4 is 49.7 Å². The molecule has 0 aromatic heterocycles. The predicted molar refractivity (Wildman–Crippen MR) is 63.5 cm³/mol. The third-order valence-electron chi connectivity index (χ3n) is 1.58. The average molecular weight is 334 g/mol. The molecule has 0 radical (unpaired) electrons. The maximum absolute atomic E-state index is 10.8. The van der Waals surface area contributed by atoms with E-state index in [0.717, 1.165) is 20.6 Å². The molecular weight excluding hydrogens is 328 g/mol. The Hall–Kier alpha value is -0.940. The van der Waals surface area contributed by atoms with E-state index in [9.17, 15) is 9.59 Å². The number of halogens is 2. The summed E-state index contributed by atoms with van der Waals surface area (Å²) in [5, 5.41) is 8.34. The molecule has 3 nitrogen and oxygen atoms in total. The molecule has 0 amide bonds. The van der Waals surface area contributed by atoms with Crippen LogP contribution in [0.25, 0.3) is 6.08 Å². The number of carboxylic acids is 1.